The molecule has 1 heterocycles. The summed E-state index contributed by atoms with van der Waals surface area (Å²) in [6.07, 6.45) is 5.78. The topological polar surface area (TPSA) is 83.4 Å². The van der Waals surface area contributed by atoms with Gasteiger partial charge in [0, 0.05) is 18.2 Å². The second kappa shape index (κ2) is 12.7. The monoisotopic (exact) mass is 527 g/mol. The third-order valence-electron chi connectivity index (χ3n) is 6.79. The highest BCUT2D eigenvalue weighted by Gasteiger charge is 2.28. The van der Waals surface area contributed by atoms with E-state index in [2.05, 4.69) is 16.0 Å². The van der Waals surface area contributed by atoms with E-state index in [1.54, 1.807) is 25.1 Å². The average Bonchev–Trinajstić information content (AvgIpc) is 3.40. The van der Waals surface area contributed by atoms with Crippen LogP contribution < -0.4 is 16.0 Å². The Labute approximate surface area is 220 Å². The largest absolute Gasteiger partial charge is 0.451 e. The number of furan rings is 1. The maximum Gasteiger partial charge on any atom is 0.287 e. The standard InChI is InChI=1S/C29H32F3N3O3/c1-18(17-33-23-12-6-11-22(31)27(23)32)34-28(36)24(15-19-7-3-2-4-8-19)35-29(37)26-14-13-25(38-26)20-9-5-10-21(30)16-20/h5-6,9-14,16,18-19,24,33H,2-4,7-8,15,17H2,1H3,(H,34,36)(H,35,37)/t18-,24-/m0/s1. The van der Waals surface area contributed by atoms with E-state index in [4.69, 9.17) is 4.42 Å². The Morgan fingerprint density at radius 1 is 0.974 bits per heavy atom. The Kier molecular flexibility index (Phi) is 9.10. The molecule has 6 nitrogen and oxygen atoms in total. The molecule has 0 radical (unpaired) electrons. The molecule has 2 atom stereocenters. The van der Waals surface area contributed by atoms with Crippen LogP contribution in [0.3, 0.4) is 0 Å². The Hall–Kier alpha value is -3.75. The van der Waals surface area contributed by atoms with Crippen molar-refractivity contribution in [2.24, 2.45) is 5.92 Å². The van der Waals surface area contributed by atoms with Gasteiger partial charge in [-0.2, -0.15) is 0 Å². The van der Waals surface area contributed by atoms with Gasteiger partial charge in [-0.3, -0.25) is 9.59 Å². The molecule has 1 aliphatic carbocycles. The minimum atomic E-state index is -0.982. The van der Waals surface area contributed by atoms with Crippen molar-refractivity contribution >= 4 is 17.5 Å². The fourth-order valence-electron chi connectivity index (χ4n) is 4.77. The molecule has 0 aliphatic heterocycles. The molecule has 1 aromatic heterocycles. The van der Waals surface area contributed by atoms with Gasteiger partial charge >= 0.3 is 0 Å². The fraction of sp³-hybridized carbons (Fsp3) is 0.379. The molecule has 0 unspecified atom stereocenters. The number of benzene rings is 2. The summed E-state index contributed by atoms with van der Waals surface area (Å²) in [5.41, 5.74) is 0.502. The lowest BCUT2D eigenvalue weighted by molar-refractivity contribution is -0.124. The van der Waals surface area contributed by atoms with Gasteiger partial charge in [-0.1, -0.05) is 50.3 Å². The zero-order valence-corrected chi connectivity index (χ0v) is 21.2. The van der Waals surface area contributed by atoms with E-state index in [9.17, 15) is 22.8 Å². The van der Waals surface area contributed by atoms with E-state index in [1.165, 1.54) is 30.3 Å². The number of nitrogens with one attached hydrogen (secondary N) is 3. The molecule has 2 aromatic carbocycles. The minimum Gasteiger partial charge on any atom is -0.451 e. The third kappa shape index (κ3) is 7.18. The smallest absolute Gasteiger partial charge is 0.287 e. The van der Waals surface area contributed by atoms with Gasteiger partial charge in [0.2, 0.25) is 5.91 Å². The first kappa shape index (κ1) is 27.3. The van der Waals surface area contributed by atoms with Gasteiger partial charge in [0.15, 0.2) is 17.4 Å². The first-order valence-corrected chi connectivity index (χ1v) is 12.9. The lowest BCUT2D eigenvalue weighted by Gasteiger charge is -2.27. The number of hydrogen-bond donors (Lipinski definition) is 3. The predicted molar refractivity (Wildman–Crippen MR) is 139 cm³/mol. The molecule has 0 saturated heterocycles. The number of amides is 2. The second-order valence-corrected chi connectivity index (χ2v) is 9.83. The minimum absolute atomic E-state index is 0.00470. The average molecular weight is 528 g/mol. The van der Waals surface area contributed by atoms with Crippen molar-refractivity contribution in [1.29, 1.82) is 0 Å². The number of anilines is 1. The highest BCUT2D eigenvalue weighted by molar-refractivity contribution is 5.96. The summed E-state index contributed by atoms with van der Waals surface area (Å²) in [6, 6.07) is 11.5. The first-order chi connectivity index (χ1) is 18.3. The molecule has 202 valence electrons. The molecule has 2 amide bonds. The number of carbonyl (C=O) groups excluding carboxylic acids is 2. The number of hydrogen-bond acceptors (Lipinski definition) is 4. The van der Waals surface area contributed by atoms with E-state index in [-0.39, 0.29) is 23.9 Å². The summed E-state index contributed by atoms with van der Waals surface area (Å²) >= 11 is 0. The van der Waals surface area contributed by atoms with Gasteiger partial charge in [0.25, 0.3) is 5.91 Å². The van der Waals surface area contributed by atoms with Crippen LogP contribution in [0.5, 0.6) is 0 Å². The maximum absolute atomic E-state index is 13.9. The van der Waals surface area contributed by atoms with Gasteiger partial charge in [-0.05, 0) is 55.7 Å². The molecule has 1 fully saturated rings. The van der Waals surface area contributed by atoms with Crippen molar-refractivity contribution in [2.45, 2.75) is 57.5 Å². The SMILES string of the molecule is C[C@@H](CNc1cccc(F)c1F)NC(=O)[C@H](CC1CCCCC1)NC(=O)c1ccc(-c2cccc(F)c2)o1. The van der Waals surface area contributed by atoms with Crippen LogP contribution in [0.1, 0.15) is 56.0 Å². The van der Waals surface area contributed by atoms with Gasteiger partial charge in [0.05, 0.1) is 5.69 Å². The van der Waals surface area contributed by atoms with E-state index >= 15 is 0 Å². The predicted octanol–water partition coefficient (Wildman–Crippen LogP) is 6.05. The van der Waals surface area contributed by atoms with Crippen LogP contribution in [0.4, 0.5) is 18.9 Å². The van der Waals surface area contributed by atoms with Crippen LogP contribution in [-0.4, -0.2) is 30.4 Å². The number of halogens is 3. The Balaban J connectivity index is 1.41. The molecule has 0 spiro atoms. The van der Waals surface area contributed by atoms with Gasteiger partial charge in [0.1, 0.15) is 17.6 Å². The first-order valence-electron chi connectivity index (χ1n) is 12.9. The van der Waals surface area contributed by atoms with E-state index in [1.807, 2.05) is 0 Å². The zero-order valence-electron chi connectivity index (χ0n) is 21.2. The Morgan fingerprint density at radius 3 is 2.50 bits per heavy atom. The van der Waals surface area contributed by atoms with Crippen molar-refractivity contribution < 1.29 is 27.2 Å². The molecule has 9 heteroatoms. The van der Waals surface area contributed by atoms with Crippen LogP contribution in [0.2, 0.25) is 0 Å². The summed E-state index contributed by atoms with van der Waals surface area (Å²) in [5.74, 6) is -2.61. The molecule has 1 saturated carbocycles. The van der Waals surface area contributed by atoms with Crippen LogP contribution in [0, 0.1) is 23.4 Å². The molecule has 38 heavy (non-hydrogen) atoms. The van der Waals surface area contributed by atoms with Crippen molar-refractivity contribution in [2.75, 3.05) is 11.9 Å². The molecular formula is C29H32F3N3O3. The highest BCUT2D eigenvalue weighted by Crippen LogP contribution is 2.28. The molecule has 4 rings (SSSR count). The fourth-order valence-corrected chi connectivity index (χ4v) is 4.77. The quantitative estimate of drug-likeness (QED) is 0.300. The normalized spacial score (nSPS) is 15.5. The van der Waals surface area contributed by atoms with E-state index in [0.717, 1.165) is 38.2 Å². The van der Waals surface area contributed by atoms with Gasteiger partial charge in [-0.25, -0.2) is 13.2 Å². The van der Waals surface area contributed by atoms with Gasteiger partial charge < -0.3 is 20.4 Å². The summed E-state index contributed by atoms with van der Waals surface area (Å²) in [4.78, 5) is 26.3. The van der Waals surface area contributed by atoms with Crippen LogP contribution in [-0.2, 0) is 4.79 Å². The summed E-state index contributed by atoms with van der Waals surface area (Å²) in [5, 5.41) is 8.48. The van der Waals surface area contributed by atoms with Crippen molar-refractivity contribution in [1.82, 2.24) is 10.6 Å². The Bertz CT molecular complexity index is 1260. The van der Waals surface area contributed by atoms with Crippen molar-refractivity contribution in [3.8, 4) is 11.3 Å². The maximum atomic E-state index is 13.9. The van der Waals surface area contributed by atoms with Crippen molar-refractivity contribution in [3.05, 3.63) is 77.8 Å². The van der Waals surface area contributed by atoms with Crippen LogP contribution in [0.15, 0.2) is 59.0 Å². The van der Waals surface area contributed by atoms with E-state index < -0.39 is 35.4 Å². The van der Waals surface area contributed by atoms with Crippen LogP contribution >= 0.6 is 0 Å². The second-order valence-electron chi connectivity index (χ2n) is 9.83. The lowest BCUT2D eigenvalue weighted by atomic mass is 9.84. The Morgan fingerprint density at radius 2 is 1.74 bits per heavy atom. The number of rotatable bonds is 10. The molecular weight excluding hydrogens is 495 g/mol. The lowest BCUT2D eigenvalue weighted by Crippen LogP contribution is -2.51. The van der Waals surface area contributed by atoms with Crippen molar-refractivity contribution in [3.63, 3.8) is 0 Å². The highest BCUT2D eigenvalue weighted by atomic mass is 19.2. The van der Waals surface area contributed by atoms with Crippen LogP contribution in [0.25, 0.3) is 11.3 Å². The molecule has 3 aromatic rings. The number of carbonyl (C=O) groups is 2. The summed E-state index contributed by atoms with van der Waals surface area (Å²) in [6.45, 7) is 1.89. The molecule has 3 N–H and O–H groups in total. The molecule has 0 bridgehead atoms. The summed E-state index contributed by atoms with van der Waals surface area (Å²) < 4.78 is 46.7. The van der Waals surface area contributed by atoms with E-state index in [0.29, 0.717) is 23.7 Å². The zero-order chi connectivity index (χ0) is 27.1. The summed E-state index contributed by atoms with van der Waals surface area (Å²) in [7, 11) is 0. The van der Waals surface area contributed by atoms with Gasteiger partial charge in [-0.15, -0.1) is 0 Å². The third-order valence-corrected chi connectivity index (χ3v) is 6.79. The molecule has 1 aliphatic rings.